The topological polar surface area (TPSA) is 80.9 Å². The van der Waals surface area contributed by atoms with Crippen molar-refractivity contribution in [2.24, 2.45) is 28.6 Å². The highest BCUT2D eigenvalue weighted by Gasteiger charge is 2.65. The molecule has 4 fully saturated rings. The molecule has 0 saturated heterocycles. The molecule has 0 aliphatic heterocycles. The Hall–Kier alpha value is -0.160. The molecule has 0 aromatic heterocycles. The molecule has 0 bridgehead atoms. The van der Waals surface area contributed by atoms with Gasteiger partial charge in [-0.15, -0.1) is 0 Å². The minimum absolute atomic E-state index is 0.0549. The Morgan fingerprint density at radius 3 is 2.26 bits per heavy atom. The average Bonchev–Trinajstić information content (AvgIpc) is 2.76. The van der Waals surface area contributed by atoms with Gasteiger partial charge in [0, 0.05) is 12.8 Å². The molecule has 0 spiro atoms. The van der Waals surface area contributed by atoms with Crippen LogP contribution in [0.5, 0.6) is 0 Å². The fourth-order valence-electron chi connectivity index (χ4n) is 7.21. The van der Waals surface area contributed by atoms with Crippen LogP contribution in [0.3, 0.4) is 0 Å². The number of fused-ring (bicyclic) bond motifs is 5. The van der Waals surface area contributed by atoms with E-state index in [0.29, 0.717) is 37.0 Å². The molecule has 0 heterocycles. The van der Waals surface area contributed by atoms with Crippen LogP contribution in [0.25, 0.3) is 0 Å². The van der Waals surface area contributed by atoms with Gasteiger partial charge in [-0.25, -0.2) is 0 Å². The molecule has 7 atom stereocenters. The lowest BCUT2D eigenvalue weighted by atomic mass is 9.43. The Bertz CT molecular complexity index is 506. The first-order chi connectivity index (χ1) is 10.6. The zero-order valence-electron chi connectivity index (χ0n) is 14.5. The molecule has 4 rings (SSSR count). The van der Waals surface area contributed by atoms with Crippen LogP contribution in [0.1, 0.15) is 71.6 Å². The first kappa shape index (κ1) is 16.3. The fraction of sp³-hybridized carbons (Fsp3) is 1.00. The van der Waals surface area contributed by atoms with Crippen molar-refractivity contribution >= 4 is 0 Å². The van der Waals surface area contributed by atoms with Crippen molar-refractivity contribution in [1.29, 1.82) is 0 Å². The molecule has 4 nitrogen and oxygen atoms in total. The molecule has 4 aliphatic rings. The molecular formula is C19H32O4. The third-order valence-electron chi connectivity index (χ3n) is 8.78. The molecular weight excluding hydrogens is 292 g/mol. The monoisotopic (exact) mass is 324 g/mol. The predicted molar refractivity (Wildman–Crippen MR) is 86.4 cm³/mol. The van der Waals surface area contributed by atoms with Crippen molar-refractivity contribution in [3.05, 3.63) is 0 Å². The smallest absolute Gasteiger partial charge is 0.165 e. The maximum absolute atomic E-state index is 11.3. The Balaban J connectivity index is 1.67. The zero-order chi connectivity index (χ0) is 16.7. The second-order valence-electron chi connectivity index (χ2n) is 9.66. The molecule has 4 heteroatoms. The number of aliphatic hydroxyl groups is 4. The van der Waals surface area contributed by atoms with Crippen molar-refractivity contribution in [3.63, 3.8) is 0 Å². The van der Waals surface area contributed by atoms with Gasteiger partial charge in [-0.2, -0.15) is 0 Å². The highest BCUT2D eigenvalue weighted by Crippen LogP contribution is 2.67. The van der Waals surface area contributed by atoms with Gasteiger partial charge in [-0.05, 0) is 73.5 Å². The van der Waals surface area contributed by atoms with Gasteiger partial charge in [-0.3, -0.25) is 0 Å². The van der Waals surface area contributed by atoms with Crippen LogP contribution in [-0.2, 0) is 0 Å². The summed E-state index contributed by atoms with van der Waals surface area (Å²) < 4.78 is 0. The van der Waals surface area contributed by atoms with Crippen LogP contribution in [0.2, 0.25) is 0 Å². The van der Waals surface area contributed by atoms with Gasteiger partial charge in [-0.1, -0.05) is 13.8 Å². The number of hydrogen-bond acceptors (Lipinski definition) is 4. The van der Waals surface area contributed by atoms with E-state index in [1.807, 2.05) is 0 Å². The minimum Gasteiger partial charge on any atom is -0.393 e. The van der Waals surface area contributed by atoms with E-state index in [0.717, 1.165) is 32.1 Å². The van der Waals surface area contributed by atoms with Crippen molar-refractivity contribution in [2.75, 3.05) is 0 Å². The molecule has 23 heavy (non-hydrogen) atoms. The lowest BCUT2D eigenvalue weighted by Crippen LogP contribution is -2.65. The summed E-state index contributed by atoms with van der Waals surface area (Å²) in [6.07, 6.45) is 6.70. The summed E-state index contributed by atoms with van der Waals surface area (Å²) in [5.41, 5.74) is -1.13. The van der Waals surface area contributed by atoms with Gasteiger partial charge >= 0.3 is 0 Å². The Kier molecular flexibility index (Phi) is 3.35. The van der Waals surface area contributed by atoms with Crippen LogP contribution in [-0.4, -0.2) is 37.9 Å². The second kappa shape index (κ2) is 4.72. The fourth-order valence-corrected chi connectivity index (χ4v) is 7.21. The zero-order valence-corrected chi connectivity index (χ0v) is 14.5. The van der Waals surface area contributed by atoms with E-state index in [1.54, 1.807) is 0 Å². The number of rotatable bonds is 0. The largest absolute Gasteiger partial charge is 0.393 e. The third-order valence-corrected chi connectivity index (χ3v) is 8.78. The van der Waals surface area contributed by atoms with E-state index in [9.17, 15) is 20.4 Å². The molecule has 0 amide bonds. The van der Waals surface area contributed by atoms with Crippen LogP contribution < -0.4 is 0 Å². The Labute approximate surface area is 138 Å². The summed E-state index contributed by atoms with van der Waals surface area (Å²) in [7, 11) is 0. The van der Waals surface area contributed by atoms with E-state index >= 15 is 0 Å². The second-order valence-corrected chi connectivity index (χ2v) is 9.66. The van der Waals surface area contributed by atoms with Crippen molar-refractivity contribution in [1.82, 2.24) is 0 Å². The normalized spacial score (nSPS) is 58.2. The van der Waals surface area contributed by atoms with Crippen LogP contribution in [0, 0.1) is 28.6 Å². The van der Waals surface area contributed by atoms with E-state index in [4.69, 9.17) is 0 Å². The highest BCUT2D eigenvalue weighted by molar-refractivity contribution is 5.14. The summed E-state index contributed by atoms with van der Waals surface area (Å²) in [5, 5.41) is 41.9. The summed E-state index contributed by atoms with van der Waals surface area (Å²) in [6.45, 7) is 4.45. The average molecular weight is 324 g/mol. The molecule has 132 valence electrons. The van der Waals surface area contributed by atoms with Gasteiger partial charge in [0.05, 0.1) is 11.7 Å². The third kappa shape index (κ3) is 2.04. The van der Waals surface area contributed by atoms with Crippen LogP contribution in [0.4, 0.5) is 0 Å². The molecule has 0 aromatic carbocycles. The molecule has 0 radical (unpaired) electrons. The van der Waals surface area contributed by atoms with Gasteiger partial charge in [0.2, 0.25) is 0 Å². The van der Waals surface area contributed by atoms with Crippen molar-refractivity contribution < 1.29 is 20.4 Å². The SMILES string of the molecule is C[C@]12CC[C@H]3[C@@H](CC[C@@]4(O)CC(O)(O)CC[C@]34C)[C@@H]1CC[C@@H]2O. The van der Waals surface area contributed by atoms with E-state index < -0.39 is 11.4 Å². The maximum Gasteiger partial charge on any atom is 0.165 e. The number of hydrogen-bond donors (Lipinski definition) is 4. The first-order valence-electron chi connectivity index (χ1n) is 9.47. The number of aliphatic hydroxyl groups excluding tert-OH is 1. The molecule has 4 saturated carbocycles. The molecule has 0 unspecified atom stereocenters. The predicted octanol–water partition coefficient (Wildman–Crippen LogP) is 2.19. The van der Waals surface area contributed by atoms with Gasteiger partial charge in [0.1, 0.15) is 0 Å². The standard InChI is InChI=1S/C19H32O4/c1-16-7-6-14-12(13(16)3-4-15(16)20)5-8-18(21)11-19(22,23)10-9-17(14,18)2/h12-15,20-23H,3-11H2,1-2H3/t12-,13-,14-,15-,16-,17+,18+/m0/s1. The van der Waals surface area contributed by atoms with Crippen LogP contribution in [0.15, 0.2) is 0 Å². The van der Waals surface area contributed by atoms with Gasteiger partial charge in [0.25, 0.3) is 0 Å². The minimum atomic E-state index is -1.71. The summed E-state index contributed by atoms with van der Waals surface area (Å²) in [6, 6.07) is 0. The first-order valence-corrected chi connectivity index (χ1v) is 9.47. The molecule has 4 aliphatic carbocycles. The molecule has 4 N–H and O–H groups in total. The van der Waals surface area contributed by atoms with E-state index in [1.165, 1.54) is 0 Å². The lowest BCUT2D eigenvalue weighted by Gasteiger charge is -2.64. The van der Waals surface area contributed by atoms with Crippen molar-refractivity contribution in [3.8, 4) is 0 Å². The van der Waals surface area contributed by atoms with E-state index in [2.05, 4.69) is 13.8 Å². The summed E-state index contributed by atoms with van der Waals surface area (Å²) >= 11 is 0. The maximum atomic E-state index is 11.3. The Morgan fingerprint density at radius 2 is 1.52 bits per heavy atom. The highest BCUT2D eigenvalue weighted by atomic mass is 16.5. The quantitative estimate of drug-likeness (QED) is 0.515. The van der Waals surface area contributed by atoms with Gasteiger partial charge in [0.15, 0.2) is 5.79 Å². The summed E-state index contributed by atoms with van der Waals surface area (Å²) in [5.74, 6) is -0.136. The van der Waals surface area contributed by atoms with Crippen molar-refractivity contribution in [2.45, 2.75) is 89.1 Å². The molecule has 0 aromatic rings. The van der Waals surface area contributed by atoms with E-state index in [-0.39, 0.29) is 23.4 Å². The Morgan fingerprint density at radius 1 is 0.783 bits per heavy atom. The summed E-state index contributed by atoms with van der Waals surface area (Å²) in [4.78, 5) is 0. The van der Waals surface area contributed by atoms with Gasteiger partial charge < -0.3 is 20.4 Å². The lowest BCUT2D eigenvalue weighted by molar-refractivity contribution is -0.288. The van der Waals surface area contributed by atoms with Crippen LogP contribution >= 0.6 is 0 Å².